The molecule has 32 heavy (non-hydrogen) atoms. The zero-order chi connectivity index (χ0) is 22.7. The minimum Gasteiger partial charge on any atom is -0.454 e. The average Bonchev–Trinajstić information content (AvgIpc) is 3.38. The van der Waals surface area contributed by atoms with Crippen LogP contribution in [0.4, 0.5) is 0 Å². The predicted octanol–water partition coefficient (Wildman–Crippen LogP) is 3.75. The molecule has 0 atom stereocenters. The van der Waals surface area contributed by atoms with E-state index in [0.717, 1.165) is 29.8 Å². The molecule has 1 aliphatic heterocycles. The molecule has 0 aliphatic carbocycles. The highest BCUT2D eigenvalue weighted by atomic mass is 32.2. The highest BCUT2D eigenvalue weighted by Crippen LogP contribution is 2.25. The number of aryl methyl sites for hydroxylation is 2. The molecule has 8 nitrogen and oxygen atoms in total. The van der Waals surface area contributed by atoms with Gasteiger partial charge in [-0.2, -0.15) is 4.31 Å². The second kappa shape index (κ2) is 9.51. The lowest BCUT2D eigenvalue weighted by Crippen LogP contribution is -2.35. The maximum Gasteiger partial charge on any atom is 0.331 e. The molecule has 0 unspecified atom stereocenters. The fraction of sp³-hybridized carbons (Fsp3) is 0.409. The lowest BCUT2D eigenvalue weighted by molar-refractivity contribution is -0.139. The van der Waals surface area contributed by atoms with Gasteiger partial charge in [0.05, 0.1) is 26.6 Å². The highest BCUT2D eigenvalue weighted by molar-refractivity contribution is 7.89. The molecule has 1 saturated heterocycles. The summed E-state index contributed by atoms with van der Waals surface area (Å²) in [7, 11) is -3.54. The number of fused-ring (bicyclic) bond motifs is 1. The molecule has 1 aromatic carbocycles. The van der Waals surface area contributed by atoms with E-state index in [4.69, 9.17) is 4.74 Å². The molecule has 10 heteroatoms. The van der Waals surface area contributed by atoms with Crippen LogP contribution in [-0.2, 0) is 32.7 Å². The van der Waals surface area contributed by atoms with Gasteiger partial charge in [0.15, 0.2) is 0 Å². The monoisotopic (exact) mass is 474 g/mol. The number of hydrogen-bond donors (Lipinski definition) is 0. The summed E-state index contributed by atoms with van der Waals surface area (Å²) >= 11 is 1.51. The predicted molar refractivity (Wildman–Crippen MR) is 124 cm³/mol. The Morgan fingerprint density at radius 1 is 1.22 bits per heavy atom. The van der Waals surface area contributed by atoms with Gasteiger partial charge in [0.1, 0.15) is 12.4 Å². The van der Waals surface area contributed by atoms with Crippen molar-refractivity contribution < 1.29 is 17.9 Å². The smallest absolute Gasteiger partial charge is 0.331 e. The quantitative estimate of drug-likeness (QED) is 0.382. The van der Waals surface area contributed by atoms with E-state index in [-0.39, 0.29) is 11.5 Å². The van der Waals surface area contributed by atoms with E-state index < -0.39 is 16.0 Å². The van der Waals surface area contributed by atoms with Gasteiger partial charge in [-0.25, -0.2) is 23.2 Å². The van der Waals surface area contributed by atoms with Crippen LogP contribution in [-0.4, -0.2) is 46.3 Å². The summed E-state index contributed by atoms with van der Waals surface area (Å²) < 4.78 is 34.8. The third kappa shape index (κ3) is 4.77. The number of hydrogen-bond acceptors (Lipinski definition) is 7. The Kier molecular flexibility index (Phi) is 6.73. The SMILES string of the molecule is CCn1c(COC(=O)/C=C/c2csc(C)n2)nc2cc(S(=O)(=O)N3CCCCC3)ccc21. The molecule has 3 aromatic rings. The number of nitrogens with zero attached hydrogens (tertiary/aromatic N) is 4. The van der Waals surface area contributed by atoms with E-state index in [0.29, 0.717) is 36.7 Å². The number of aromatic nitrogens is 3. The minimum atomic E-state index is -3.54. The number of piperidine rings is 1. The number of carbonyl (C=O) groups excluding carboxylic acids is 1. The zero-order valence-electron chi connectivity index (χ0n) is 18.2. The van der Waals surface area contributed by atoms with Crippen molar-refractivity contribution in [3.8, 4) is 0 Å². The first kappa shape index (κ1) is 22.6. The van der Waals surface area contributed by atoms with Crippen molar-refractivity contribution in [3.63, 3.8) is 0 Å². The summed E-state index contributed by atoms with van der Waals surface area (Å²) in [5.41, 5.74) is 2.10. The van der Waals surface area contributed by atoms with Crippen LogP contribution in [0.3, 0.4) is 0 Å². The van der Waals surface area contributed by atoms with E-state index in [1.807, 2.05) is 23.8 Å². The summed E-state index contributed by atoms with van der Waals surface area (Å²) in [6.07, 6.45) is 5.80. The number of imidazole rings is 1. The molecule has 0 amide bonds. The largest absolute Gasteiger partial charge is 0.454 e. The molecule has 4 rings (SSSR count). The molecule has 0 N–H and O–H groups in total. The first-order valence-electron chi connectivity index (χ1n) is 10.6. The van der Waals surface area contributed by atoms with Crippen molar-refractivity contribution in [1.29, 1.82) is 0 Å². The molecule has 2 aromatic heterocycles. The van der Waals surface area contributed by atoms with E-state index in [2.05, 4.69) is 9.97 Å². The second-order valence-corrected chi connectivity index (χ2v) is 10.6. The number of carbonyl (C=O) groups is 1. The zero-order valence-corrected chi connectivity index (χ0v) is 19.8. The Hall–Kier alpha value is -2.56. The molecular weight excluding hydrogens is 448 g/mol. The Morgan fingerprint density at radius 3 is 2.69 bits per heavy atom. The molecule has 170 valence electrons. The first-order valence-corrected chi connectivity index (χ1v) is 13.0. The van der Waals surface area contributed by atoms with Gasteiger partial charge >= 0.3 is 5.97 Å². The van der Waals surface area contributed by atoms with Gasteiger partial charge in [0, 0.05) is 31.1 Å². The van der Waals surface area contributed by atoms with E-state index in [1.165, 1.54) is 17.4 Å². The summed E-state index contributed by atoms with van der Waals surface area (Å²) in [6.45, 7) is 5.59. The van der Waals surface area contributed by atoms with Gasteiger partial charge in [-0.05, 0) is 51.0 Å². The van der Waals surface area contributed by atoms with Crippen molar-refractivity contribution in [3.05, 3.63) is 46.2 Å². The van der Waals surface area contributed by atoms with Crippen LogP contribution >= 0.6 is 11.3 Å². The number of ether oxygens (including phenoxy) is 1. The Balaban J connectivity index is 1.52. The van der Waals surface area contributed by atoms with Crippen LogP contribution in [0.25, 0.3) is 17.1 Å². The number of sulfonamides is 1. The van der Waals surface area contributed by atoms with Gasteiger partial charge in [-0.15, -0.1) is 11.3 Å². The van der Waals surface area contributed by atoms with Gasteiger partial charge in [0.25, 0.3) is 0 Å². The third-order valence-electron chi connectivity index (χ3n) is 5.44. The summed E-state index contributed by atoms with van der Waals surface area (Å²) in [5.74, 6) is 0.0833. The van der Waals surface area contributed by atoms with Crippen LogP contribution in [0.2, 0.25) is 0 Å². The lowest BCUT2D eigenvalue weighted by atomic mass is 10.2. The molecule has 1 fully saturated rings. The van der Waals surface area contributed by atoms with Crippen LogP contribution in [0.1, 0.15) is 42.7 Å². The number of rotatable bonds is 7. The minimum absolute atomic E-state index is 0.00397. The lowest BCUT2D eigenvalue weighted by Gasteiger charge is -2.25. The topological polar surface area (TPSA) is 94.4 Å². The maximum atomic E-state index is 13.0. The van der Waals surface area contributed by atoms with E-state index in [9.17, 15) is 13.2 Å². The average molecular weight is 475 g/mol. The van der Waals surface area contributed by atoms with Crippen LogP contribution in [0.15, 0.2) is 34.6 Å². The summed E-state index contributed by atoms with van der Waals surface area (Å²) in [6, 6.07) is 5.02. The normalized spacial score (nSPS) is 15.6. The first-order chi connectivity index (χ1) is 15.4. The van der Waals surface area contributed by atoms with Gasteiger partial charge in [-0.1, -0.05) is 6.42 Å². The Morgan fingerprint density at radius 2 is 2.00 bits per heavy atom. The van der Waals surface area contributed by atoms with E-state index >= 15 is 0 Å². The molecule has 0 saturated carbocycles. The fourth-order valence-electron chi connectivity index (χ4n) is 3.83. The fourth-order valence-corrected chi connectivity index (χ4v) is 5.95. The van der Waals surface area contributed by atoms with Crippen molar-refractivity contribution in [2.45, 2.75) is 51.2 Å². The Bertz CT molecular complexity index is 1250. The molecule has 0 bridgehead atoms. The molecule has 1 aliphatic rings. The van der Waals surface area contributed by atoms with Gasteiger partial charge < -0.3 is 9.30 Å². The number of esters is 1. The Labute approximate surface area is 191 Å². The maximum absolute atomic E-state index is 13.0. The summed E-state index contributed by atoms with van der Waals surface area (Å²) in [5, 5.41) is 2.79. The van der Waals surface area contributed by atoms with Crippen molar-refractivity contribution in [2.24, 2.45) is 0 Å². The highest BCUT2D eigenvalue weighted by Gasteiger charge is 2.26. The van der Waals surface area contributed by atoms with Crippen LogP contribution in [0.5, 0.6) is 0 Å². The number of benzene rings is 1. The molecule has 0 radical (unpaired) electrons. The van der Waals surface area contributed by atoms with Crippen molar-refractivity contribution in [2.75, 3.05) is 13.1 Å². The standard InChI is InChI=1S/C22H26N4O4S2/c1-3-26-20-9-8-18(32(28,29)25-11-5-4-6-12-25)13-19(20)24-21(26)14-30-22(27)10-7-17-15-31-16(2)23-17/h7-10,13,15H,3-6,11-12,14H2,1-2H3/b10-7+. The second-order valence-electron chi connectivity index (χ2n) is 7.62. The van der Waals surface area contributed by atoms with Crippen LogP contribution < -0.4 is 0 Å². The molecule has 3 heterocycles. The molecular formula is C22H26N4O4S2. The van der Waals surface area contributed by atoms with Crippen molar-refractivity contribution >= 4 is 44.4 Å². The van der Waals surface area contributed by atoms with Crippen LogP contribution in [0, 0.1) is 6.92 Å². The molecule has 0 spiro atoms. The summed E-state index contributed by atoms with van der Waals surface area (Å²) in [4.78, 5) is 21.2. The van der Waals surface area contributed by atoms with Crippen molar-refractivity contribution in [1.82, 2.24) is 18.8 Å². The number of thiazole rings is 1. The van der Waals surface area contributed by atoms with Gasteiger partial charge in [-0.3, -0.25) is 0 Å². The van der Waals surface area contributed by atoms with Gasteiger partial charge in [0.2, 0.25) is 10.0 Å². The third-order valence-corrected chi connectivity index (χ3v) is 8.12. The van der Waals surface area contributed by atoms with E-state index in [1.54, 1.807) is 28.6 Å².